The van der Waals surface area contributed by atoms with Gasteiger partial charge in [-0.3, -0.25) is 4.90 Å². The number of likely N-dealkylation sites (tertiary alicyclic amines) is 2. The molecule has 2 saturated heterocycles. The number of fused-ring (bicyclic) bond motifs is 1. The Morgan fingerprint density at radius 2 is 1.76 bits per heavy atom. The molecular weight excluding hydrogens is 564 g/mol. The van der Waals surface area contributed by atoms with Crippen LogP contribution < -0.4 is 8.61 Å². The largest absolute Gasteiger partial charge is 0.444 e. The quantitative estimate of drug-likeness (QED) is 0.468. The number of benzene rings is 1. The third-order valence-corrected chi connectivity index (χ3v) is 10.9. The summed E-state index contributed by atoms with van der Waals surface area (Å²) in [5, 5.41) is 0. The van der Waals surface area contributed by atoms with Crippen molar-refractivity contribution >= 4 is 27.8 Å². The van der Waals surface area contributed by atoms with E-state index in [9.17, 15) is 22.0 Å². The lowest BCUT2D eigenvalue weighted by molar-refractivity contribution is -0.0700. The van der Waals surface area contributed by atoms with Crippen LogP contribution in [0, 0.1) is 12.8 Å². The Hall–Kier alpha value is -2.99. The van der Waals surface area contributed by atoms with Gasteiger partial charge in [-0.15, -0.1) is 0 Å². The molecule has 4 heterocycles. The fourth-order valence-electron chi connectivity index (χ4n) is 6.35. The third-order valence-electron chi connectivity index (χ3n) is 9.15. The Morgan fingerprint density at radius 1 is 1.10 bits per heavy atom. The van der Waals surface area contributed by atoms with E-state index in [1.807, 2.05) is 38.7 Å². The number of aromatic nitrogens is 1. The van der Waals surface area contributed by atoms with Gasteiger partial charge in [0.25, 0.3) is 5.92 Å². The number of nitrogens with zero attached hydrogens (tertiary/aromatic N) is 5. The van der Waals surface area contributed by atoms with Crippen LogP contribution in [-0.4, -0.2) is 79.6 Å². The molecule has 3 aliphatic heterocycles. The standard InChI is InChI=1S/C30H39F2N5O4S/c1-20-6-7-21(18-35-13-10-29(11-14-35)12-15-36(29)27(38)41-28(2,3)4)16-23(20)24-8-9-25-26(33-24)34(5)42(39,40)37(25)19-22-17-30(22,31)32/h6-9,16,22H,10-15,17-19H2,1-5H3. The summed E-state index contributed by atoms with van der Waals surface area (Å²) in [6, 6.07) is 9.68. The third kappa shape index (κ3) is 5.10. The zero-order chi connectivity index (χ0) is 30.2. The molecule has 228 valence electrons. The van der Waals surface area contributed by atoms with Crippen LogP contribution in [0.15, 0.2) is 30.3 Å². The minimum absolute atomic E-state index is 0.110. The first kappa shape index (κ1) is 29.1. The van der Waals surface area contributed by atoms with Crippen LogP contribution in [0.1, 0.15) is 57.6 Å². The first-order chi connectivity index (χ1) is 19.6. The van der Waals surface area contributed by atoms with Crippen molar-refractivity contribution in [1.82, 2.24) is 14.8 Å². The number of hydrogen-bond acceptors (Lipinski definition) is 6. The maximum Gasteiger partial charge on any atom is 0.410 e. The Morgan fingerprint density at radius 3 is 2.36 bits per heavy atom. The van der Waals surface area contributed by atoms with Crippen molar-refractivity contribution in [1.29, 1.82) is 0 Å². The predicted octanol–water partition coefficient (Wildman–Crippen LogP) is 5.19. The zero-order valence-electron chi connectivity index (χ0n) is 24.9. The lowest BCUT2D eigenvalue weighted by Gasteiger charge is -2.56. The van der Waals surface area contributed by atoms with Gasteiger partial charge in [0.05, 0.1) is 16.9 Å². The highest BCUT2D eigenvalue weighted by Gasteiger charge is 2.59. The second-order valence-corrected chi connectivity index (χ2v) is 15.1. The Kier molecular flexibility index (Phi) is 6.77. The minimum Gasteiger partial charge on any atom is -0.444 e. The Bertz CT molecular complexity index is 1520. The summed E-state index contributed by atoms with van der Waals surface area (Å²) in [4.78, 5) is 21.7. The first-order valence-corrected chi connectivity index (χ1v) is 16.0. The van der Waals surface area contributed by atoms with E-state index in [1.54, 1.807) is 12.1 Å². The fourth-order valence-corrected chi connectivity index (χ4v) is 7.76. The lowest BCUT2D eigenvalue weighted by atomic mass is 9.76. The van der Waals surface area contributed by atoms with Gasteiger partial charge in [-0.05, 0) is 76.3 Å². The molecule has 1 spiro atoms. The van der Waals surface area contributed by atoms with Gasteiger partial charge >= 0.3 is 16.3 Å². The number of pyridine rings is 1. The van der Waals surface area contributed by atoms with Crippen molar-refractivity contribution < 1.29 is 26.7 Å². The topological polar surface area (TPSA) is 86.3 Å². The van der Waals surface area contributed by atoms with Crippen LogP contribution >= 0.6 is 0 Å². The Labute approximate surface area is 246 Å². The number of hydrogen-bond donors (Lipinski definition) is 0. The molecule has 1 saturated carbocycles. The molecule has 1 atom stereocenters. The number of carbonyl (C=O) groups excluding carboxylic acids is 1. The fraction of sp³-hybridized carbons (Fsp3) is 0.600. The number of rotatable bonds is 5. The molecule has 1 aromatic carbocycles. The highest BCUT2D eigenvalue weighted by molar-refractivity contribution is 7.94. The molecule has 3 fully saturated rings. The molecule has 1 aromatic heterocycles. The number of halogens is 2. The average molecular weight is 604 g/mol. The molecule has 1 aliphatic carbocycles. The SMILES string of the molecule is Cc1ccc(CN2CCC3(CC2)CCN3C(=O)OC(C)(C)C)cc1-c1ccc2c(n1)N(C)S(=O)(=O)N2CC1CC1(F)F. The van der Waals surface area contributed by atoms with Gasteiger partial charge in [0.2, 0.25) is 0 Å². The van der Waals surface area contributed by atoms with E-state index >= 15 is 0 Å². The van der Waals surface area contributed by atoms with Gasteiger partial charge in [-0.25, -0.2) is 27.2 Å². The second kappa shape index (κ2) is 9.77. The van der Waals surface area contributed by atoms with E-state index < -0.39 is 27.7 Å². The van der Waals surface area contributed by atoms with Crippen molar-refractivity contribution in [2.45, 2.75) is 77.0 Å². The first-order valence-electron chi connectivity index (χ1n) is 14.6. The molecule has 4 aliphatic rings. The molecule has 1 unspecified atom stereocenters. The summed E-state index contributed by atoms with van der Waals surface area (Å²) in [7, 11) is -2.55. The van der Waals surface area contributed by atoms with Gasteiger partial charge in [0, 0.05) is 57.7 Å². The van der Waals surface area contributed by atoms with Gasteiger partial charge in [-0.2, -0.15) is 8.42 Å². The normalized spacial score (nSPS) is 24.0. The highest BCUT2D eigenvalue weighted by atomic mass is 32.2. The minimum atomic E-state index is -3.96. The summed E-state index contributed by atoms with van der Waals surface area (Å²) in [6.45, 7) is 10.6. The van der Waals surface area contributed by atoms with Crippen LogP contribution in [0.4, 0.5) is 25.1 Å². The Balaban J connectivity index is 1.15. The smallest absolute Gasteiger partial charge is 0.410 e. The summed E-state index contributed by atoms with van der Waals surface area (Å²) < 4.78 is 61.0. The van der Waals surface area contributed by atoms with Crippen molar-refractivity contribution in [2.24, 2.45) is 5.92 Å². The molecular formula is C30H39F2N5O4S. The molecule has 2 aromatic rings. The summed E-state index contributed by atoms with van der Waals surface area (Å²) >= 11 is 0. The van der Waals surface area contributed by atoms with Crippen molar-refractivity contribution in [3.8, 4) is 11.3 Å². The molecule has 1 amide bonds. The number of amides is 1. The number of piperidine rings is 1. The van der Waals surface area contributed by atoms with Crippen LogP contribution in [-0.2, 0) is 21.5 Å². The van der Waals surface area contributed by atoms with Gasteiger partial charge < -0.3 is 9.64 Å². The van der Waals surface area contributed by atoms with Crippen LogP contribution in [0.2, 0.25) is 0 Å². The molecule has 42 heavy (non-hydrogen) atoms. The van der Waals surface area contributed by atoms with E-state index in [1.165, 1.54) is 7.05 Å². The number of alkyl halides is 2. The molecule has 9 nitrogen and oxygen atoms in total. The average Bonchev–Trinajstić information content (AvgIpc) is 3.46. The number of carbonyl (C=O) groups is 1. The van der Waals surface area contributed by atoms with E-state index in [-0.39, 0.29) is 30.4 Å². The zero-order valence-corrected chi connectivity index (χ0v) is 25.7. The maximum absolute atomic E-state index is 13.6. The van der Waals surface area contributed by atoms with Crippen molar-refractivity contribution in [2.75, 3.05) is 41.8 Å². The summed E-state index contributed by atoms with van der Waals surface area (Å²) in [6.07, 6.45) is 2.29. The van der Waals surface area contributed by atoms with Gasteiger partial charge in [0.15, 0.2) is 5.82 Å². The summed E-state index contributed by atoms with van der Waals surface area (Å²) in [5.74, 6) is -3.54. The van der Waals surface area contributed by atoms with Crippen molar-refractivity contribution in [3.63, 3.8) is 0 Å². The molecule has 0 bridgehead atoms. The van der Waals surface area contributed by atoms with Crippen LogP contribution in [0.25, 0.3) is 11.3 Å². The summed E-state index contributed by atoms with van der Waals surface area (Å²) in [5.41, 5.74) is 3.36. The molecule has 0 N–H and O–H groups in total. The van der Waals surface area contributed by atoms with Crippen LogP contribution in [0.3, 0.4) is 0 Å². The number of ether oxygens (including phenoxy) is 1. The van der Waals surface area contributed by atoms with E-state index in [0.717, 1.165) is 70.7 Å². The van der Waals surface area contributed by atoms with Crippen LogP contribution in [0.5, 0.6) is 0 Å². The van der Waals surface area contributed by atoms with Gasteiger partial charge in [-0.1, -0.05) is 12.1 Å². The van der Waals surface area contributed by atoms with E-state index in [2.05, 4.69) is 17.0 Å². The highest BCUT2D eigenvalue weighted by Crippen LogP contribution is 2.51. The predicted molar refractivity (Wildman–Crippen MR) is 157 cm³/mol. The van der Waals surface area contributed by atoms with E-state index in [4.69, 9.17) is 9.72 Å². The number of anilines is 2. The molecule has 0 radical (unpaired) electrons. The van der Waals surface area contributed by atoms with Crippen molar-refractivity contribution in [3.05, 3.63) is 41.5 Å². The molecule has 12 heteroatoms. The second-order valence-electron chi connectivity index (χ2n) is 13.2. The molecule has 6 rings (SSSR count). The monoisotopic (exact) mass is 603 g/mol. The lowest BCUT2D eigenvalue weighted by Crippen LogP contribution is -2.66. The van der Waals surface area contributed by atoms with Gasteiger partial charge in [0.1, 0.15) is 5.60 Å². The maximum atomic E-state index is 13.6. The van der Waals surface area contributed by atoms with E-state index in [0.29, 0.717) is 11.4 Å². The number of aryl methyl sites for hydroxylation is 1.